The van der Waals surface area contributed by atoms with Gasteiger partial charge in [-0.3, -0.25) is 4.90 Å². The monoisotopic (exact) mass is 486 g/mol. The first-order valence-electron chi connectivity index (χ1n) is 9.76. The fourth-order valence-corrected chi connectivity index (χ4v) is 5.00. The topological polar surface area (TPSA) is 77.8 Å². The molecule has 0 bridgehead atoms. The van der Waals surface area contributed by atoms with Gasteiger partial charge in [0, 0.05) is 18.2 Å². The van der Waals surface area contributed by atoms with Crippen molar-refractivity contribution in [2.24, 2.45) is 0 Å². The number of aromatic nitrogens is 1. The first-order chi connectivity index (χ1) is 15.5. The van der Waals surface area contributed by atoms with Gasteiger partial charge < -0.3 is 9.47 Å². The Morgan fingerprint density at radius 2 is 1.82 bits per heavy atom. The molecule has 0 N–H and O–H groups in total. The van der Waals surface area contributed by atoms with Crippen LogP contribution >= 0.6 is 0 Å². The summed E-state index contributed by atoms with van der Waals surface area (Å²) in [6.07, 6.45) is -3.70. The maximum absolute atomic E-state index is 14.9. The zero-order valence-corrected chi connectivity index (χ0v) is 18.0. The molecule has 1 fully saturated rings. The Balaban J connectivity index is 2.01. The predicted molar refractivity (Wildman–Crippen MR) is 109 cm³/mol. The van der Waals surface area contributed by atoms with Crippen LogP contribution in [0.3, 0.4) is 0 Å². The first kappa shape index (κ1) is 23.1. The molecule has 12 heteroatoms. The summed E-state index contributed by atoms with van der Waals surface area (Å²) < 4.78 is 90.6. The highest BCUT2D eigenvalue weighted by Crippen LogP contribution is 2.41. The van der Waals surface area contributed by atoms with E-state index in [1.807, 2.05) is 4.90 Å². The number of hydrogen-bond acceptors (Lipinski definition) is 6. The van der Waals surface area contributed by atoms with Crippen LogP contribution < -0.4 is 9.47 Å². The molecule has 2 heterocycles. The smallest absolute Gasteiger partial charge is 0.491 e. The molecular formula is C21H18F4N2O5S. The van der Waals surface area contributed by atoms with Gasteiger partial charge in [-0.1, -0.05) is 18.2 Å². The van der Waals surface area contributed by atoms with Crippen LogP contribution in [0.15, 0.2) is 47.5 Å². The van der Waals surface area contributed by atoms with Crippen molar-refractivity contribution in [3.8, 4) is 11.5 Å². The van der Waals surface area contributed by atoms with Crippen molar-refractivity contribution in [2.75, 3.05) is 20.2 Å². The van der Waals surface area contributed by atoms with Crippen molar-refractivity contribution >= 4 is 26.9 Å². The quantitative estimate of drug-likeness (QED) is 0.391. The number of likely N-dealkylation sites (tertiary alicyclic amines) is 1. The molecule has 33 heavy (non-hydrogen) atoms. The molecule has 4 rings (SSSR count). The van der Waals surface area contributed by atoms with Crippen molar-refractivity contribution in [1.82, 2.24) is 8.87 Å². The zero-order valence-electron chi connectivity index (χ0n) is 17.2. The van der Waals surface area contributed by atoms with Gasteiger partial charge >= 0.3 is 12.1 Å². The van der Waals surface area contributed by atoms with Crippen LogP contribution in [0.1, 0.15) is 12.0 Å². The van der Waals surface area contributed by atoms with E-state index < -0.39 is 33.7 Å². The number of methoxy groups -OCH3 is 1. The maximum atomic E-state index is 14.9. The van der Waals surface area contributed by atoms with Crippen molar-refractivity contribution in [3.05, 3.63) is 54.0 Å². The molecule has 0 aliphatic carbocycles. The van der Waals surface area contributed by atoms with Crippen molar-refractivity contribution in [2.45, 2.75) is 24.0 Å². The summed E-state index contributed by atoms with van der Waals surface area (Å²) in [6, 6.07) is 7.90. The van der Waals surface area contributed by atoms with Crippen molar-refractivity contribution in [1.29, 1.82) is 0 Å². The largest absolute Gasteiger partial charge is 0.493 e. The van der Waals surface area contributed by atoms with Crippen LogP contribution in [-0.4, -0.2) is 49.6 Å². The van der Waals surface area contributed by atoms with Crippen LogP contribution in [0.5, 0.6) is 11.5 Å². The fourth-order valence-electron chi connectivity index (χ4n) is 3.63. The number of ether oxygens (including phenoxy) is 2. The second-order valence-electron chi connectivity index (χ2n) is 7.39. The van der Waals surface area contributed by atoms with Gasteiger partial charge in [-0.15, -0.1) is 0 Å². The standard InChI is InChI=1S/C21H18F4N2O5S/c1-31-19-14(11-26-8-5-9-26)18-16(10-15(19)22)27(12-17(18)32-20(28)21(23,24)25)33(29,30)13-6-3-2-4-7-13/h2-4,6-7,10,12H,5,8-9,11H2,1H3. The summed E-state index contributed by atoms with van der Waals surface area (Å²) >= 11 is 0. The molecule has 1 aliphatic heterocycles. The van der Waals surface area contributed by atoms with E-state index in [2.05, 4.69) is 4.74 Å². The molecule has 0 spiro atoms. The summed E-state index contributed by atoms with van der Waals surface area (Å²) in [5.74, 6) is -4.37. The van der Waals surface area contributed by atoms with E-state index in [1.165, 1.54) is 31.4 Å². The average Bonchev–Trinajstić information content (AvgIpc) is 3.08. The normalized spacial score (nSPS) is 14.8. The number of benzene rings is 2. The van der Waals surface area contributed by atoms with Crippen molar-refractivity contribution in [3.63, 3.8) is 0 Å². The van der Waals surface area contributed by atoms with Crippen LogP contribution in [0, 0.1) is 5.82 Å². The van der Waals surface area contributed by atoms with Crippen LogP contribution in [0.2, 0.25) is 0 Å². The summed E-state index contributed by atoms with van der Waals surface area (Å²) in [5.41, 5.74) is -0.197. The highest BCUT2D eigenvalue weighted by Gasteiger charge is 2.42. The Kier molecular flexibility index (Phi) is 5.83. The zero-order chi connectivity index (χ0) is 24.0. The van der Waals surface area contributed by atoms with E-state index in [1.54, 1.807) is 6.07 Å². The molecule has 176 valence electrons. The Hall–Kier alpha value is -3.12. The van der Waals surface area contributed by atoms with Gasteiger partial charge in [0.25, 0.3) is 10.0 Å². The van der Waals surface area contributed by atoms with Gasteiger partial charge in [-0.2, -0.15) is 13.2 Å². The van der Waals surface area contributed by atoms with Crippen LogP contribution in [0.25, 0.3) is 10.9 Å². The minimum Gasteiger partial charge on any atom is -0.493 e. The lowest BCUT2D eigenvalue weighted by atomic mass is 10.1. The minimum atomic E-state index is -5.32. The third-order valence-electron chi connectivity index (χ3n) is 5.30. The second kappa shape index (κ2) is 8.34. The summed E-state index contributed by atoms with van der Waals surface area (Å²) in [5, 5.41) is -0.155. The van der Waals surface area contributed by atoms with Gasteiger partial charge in [-0.05, 0) is 31.6 Å². The second-order valence-corrected chi connectivity index (χ2v) is 9.20. The number of halogens is 4. The third-order valence-corrected chi connectivity index (χ3v) is 6.99. The highest BCUT2D eigenvalue weighted by molar-refractivity contribution is 7.90. The van der Waals surface area contributed by atoms with E-state index in [0.29, 0.717) is 17.1 Å². The number of carbonyl (C=O) groups is 1. The SMILES string of the molecule is COc1c(F)cc2c(c(OC(=O)C(F)(F)F)cn2S(=O)(=O)c2ccccc2)c1CN1CCC1. The fraction of sp³-hybridized carbons (Fsp3) is 0.286. The van der Waals surface area contributed by atoms with E-state index in [4.69, 9.17) is 4.74 Å². The molecule has 0 saturated carbocycles. The Morgan fingerprint density at radius 1 is 1.15 bits per heavy atom. The first-order valence-corrected chi connectivity index (χ1v) is 11.2. The van der Waals surface area contributed by atoms with Gasteiger partial charge in [0.05, 0.1) is 29.1 Å². The molecule has 0 radical (unpaired) electrons. The number of alkyl halides is 3. The maximum Gasteiger partial charge on any atom is 0.491 e. The third kappa shape index (κ3) is 4.15. The molecule has 0 amide bonds. The van der Waals surface area contributed by atoms with Gasteiger partial charge in [0.15, 0.2) is 17.3 Å². The molecule has 1 aromatic heterocycles. The molecule has 0 unspecified atom stereocenters. The lowest BCUT2D eigenvalue weighted by molar-refractivity contribution is -0.189. The summed E-state index contributed by atoms with van der Waals surface area (Å²) in [4.78, 5) is 13.3. The molecule has 2 aromatic carbocycles. The Bertz CT molecular complexity index is 1320. The molecule has 3 aromatic rings. The predicted octanol–water partition coefficient (Wildman–Crippen LogP) is 3.70. The van der Waals surface area contributed by atoms with Crippen LogP contribution in [0.4, 0.5) is 17.6 Å². The molecule has 1 aliphatic rings. The number of nitrogens with zero attached hydrogens (tertiary/aromatic N) is 2. The summed E-state index contributed by atoms with van der Waals surface area (Å²) in [7, 11) is -3.18. The number of esters is 1. The Labute approximate surface area is 186 Å². The number of carbonyl (C=O) groups excluding carboxylic acids is 1. The summed E-state index contributed by atoms with van der Waals surface area (Å²) in [6.45, 7) is 1.37. The minimum absolute atomic E-state index is 0.0589. The Morgan fingerprint density at radius 3 is 2.36 bits per heavy atom. The number of fused-ring (bicyclic) bond motifs is 1. The van der Waals surface area contributed by atoms with Gasteiger partial charge in [0.2, 0.25) is 0 Å². The number of rotatable bonds is 6. The van der Waals surface area contributed by atoms with E-state index in [-0.39, 0.29) is 33.7 Å². The molecule has 0 atom stereocenters. The highest BCUT2D eigenvalue weighted by atomic mass is 32.2. The van der Waals surface area contributed by atoms with Gasteiger partial charge in [-0.25, -0.2) is 21.6 Å². The van der Waals surface area contributed by atoms with Crippen molar-refractivity contribution < 1.29 is 40.2 Å². The molecule has 7 nitrogen and oxygen atoms in total. The van der Waals surface area contributed by atoms with E-state index in [0.717, 1.165) is 18.7 Å². The average molecular weight is 486 g/mol. The van der Waals surface area contributed by atoms with Gasteiger partial charge in [0.1, 0.15) is 0 Å². The van der Waals surface area contributed by atoms with E-state index in [9.17, 15) is 30.8 Å². The lowest BCUT2D eigenvalue weighted by Crippen LogP contribution is -2.36. The van der Waals surface area contributed by atoms with E-state index >= 15 is 0 Å². The van der Waals surface area contributed by atoms with Crippen LogP contribution in [-0.2, 0) is 21.4 Å². The number of hydrogen-bond donors (Lipinski definition) is 0. The molecule has 1 saturated heterocycles. The molecular weight excluding hydrogens is 468 g/mol. The lowest BCUT2D eigenvalue weighted by Gasteiger charge is -2.31.